The second-order valence-corrected chi connectivity index (χ2v) is 6.61. The second kappa shape index (κ2) is 5.98. The third-order valence-electron chi connectivity index (χ3n) is 3.90. The smallest absolute Gasteiger partial charge is 0.252 e. The van der Waals surface area contributed by atoms with Crippen LogP contribution in [0, 0.1) is 5.41 Å². The molecule has 1 nitrogen and oxygen atoms in total. The molecule has 0 saturated carbocycles. The quantitative estimate of drug-likeness (QED) is 0.528. The number of nitrogens with zero attached hydrogens (tertiary/aromatic N) is 1. The van der Waals surface area contributed by atoms with E-state index >= 15 is 0 Å². The van der Waals surface area contributed by atoms with Crippen molar-refractivity contribution in [3.05, 3.63) is 0 Å². The van der Waals surface area contributed by atoms with E-state index in [1.54, 1.807) is 20.8 Å². The van der Waals surface area contributed by atoms with Crippen LogP contribution in [0.25, 0.3) is 0 Å². The number of hydrogen-bond donors (Lipinski definition) is 0. The van der Waals surface area contributed by atoms with Crippen molar-refractivity contribution in [3.63, 3.8) is 0 Å². The number of unbranched alkanes of at least 4 members (excludes halogenated alkanes) is 1. The molecule has 1 aliphatic heterocycles. The van der Waals surface area contributed by atoms with Crippen LogP contribution in [0.5, 0.6) is 0 Å². The standard InChI is InChI=1S/C14H25F4N/c1-12(2,3)14(17,18)6-4-5-9-19-10-7-13(15,16)8-11-19/h4-11H2,1-3H3. The molecule has 1 rings (SSSR count). The lowest BCUT2D eigenvalue weighted by Crippen LogP contribution is -2.40. The highest BCUT2D eigenvalue weighted by atomic mass is 19.3. The SMILES string of the molecule is CC(C)(C)C(F)(F)CCCCN1CCC(F)(F)CC1. The van der Waals surface area contributed by atoms with Gasteiger partial charge in [-0.25, -0.2) is 17.6 Å². The van der Waals surface area contributed by atoms with Crippen molar-refractivity contribution < 1.29 is 17.6 Å². The van der Waals surface area contributed by atoms with Gasteiger partial charge in [-0.1, -0.05) is 20.8 Å². The molecule has 0 aliphatic carbocycles. The third-order valence-corrected chi connectivity index (χ3v) is 3.90. The Balaban J connectivity index is 2.19. The molecule has 1 heterocycles. The van der Waals surface area contributed by atoms with Crippen molar-refractivity contribution in [1.29, 1.82) is 0 Å². The lowest BCUT2D eigenvalue weighted by atomic mass is 9.85. The Morgan fingerprint density at radius 3 is 2.00 bits per heavy atom. The Labute approximate surface area is 113 Å². The minimum atomic E-state index is -2.66. The fraction of sp³-hybridized carbons (Fsp3) is 1.00. The van der Waals surface area contributed by atoms with E-state index in [0.717, 1.165) is 0 Å². The van der Waals surface area contributed by atoms with Gasteiger partial charge in [0.2, 0.25) is 0 Å². The van der Waals surface area contributed by atoms with E-state index in [9.17, 15) is 17.6 Å². The van der Waals surface area contributed by atoms with Crippen molar-refractivity contribution >= 4 is 0 Å². The van der Waals surface area contributed by atoms with Crippen molar-refractivity contribution in [1.82, 2.24) is 4.90 Å². The van der Waals surface area contributed by atoms with Gasteiger partial charge in [0.05, 0.1) is 0 Å². The summed E-state index contributed by atoms with van der Waals surface area (Å²) in [6, 6.07) is 0. The van der Waals surface area contributed by atoms with Crippen LogP contribution in [0.2, 0.25) is 0 Å². The maximum Gasteiger partial charge on any atom is 0.252 e. The van der Waals surface area contributed by atoms with E-state index in [2.05, 4.69) is 0 Å². The molecule has 1 aliphatic rings. The lowest BCUT2D eigenvalue weighted by Gasteiger charge is -2.32. The van der Waals surface area contributed by atoms with Crippen LogP contribution in [-0.2, 0) is 0 Å². The highest BCUT2D eigenvalue weighted by Crippen LogP contribution is 2.39. The minimum absolute atomic E-state index is 0.106. The summed E-state index contributed by atoms with van der Waals surface area (Å²) < 4.78 is 53.2. The summed E-state index contributed by atoms with van der Waals surface area (Å²) >= 11 is 0. The summed E-state index contributed by atoms with van der Waals surface area (Å²) in [7, 11) is 0. The van der Waals surface area contributed by atoms with Gasteiger partial charge in [0.15, 0.2) is 0 Å². The molecule has 1 fully saturated rings. The maximum atomic E-state index is 13.7. The maximum absolute atomic E-state index is 13.7. The first-order valence-electron chi connectivity index (χ1n) is 7.02. The van der Waals surface area contributed by atoms with Gasteiger partial charge in [-0.15, -0.1) is 0 Å². The first-order valence-corrected chi connectivity index (χ1v) is 7.02. The van der Waals surface area contributed by atoms with Crippen LogP contribution in [0.4, 0.5) is 17.6 Å². The van der Waals surface area contributed by atoms with Crippen LogP contribution in [0.1, 0.15) is 52.9 Å². The molecule has 0 aromatic heterocycles. The Morgan fingerprint density at radius 1 is 1.00 bits per heavy atom. The Bertz CT molecular complexity index is 274. The van der Waals surface area contributed by atoms with Gasteiger partial charge in [0.1, 0.15) is 0 Å². The van der Waals surface area contributed by atoms with Gasteiger partial charge in [0, 0.05) is 37.8 Å². The predicted octanol–water partition coefficient (Wildman–Crippen LogP) is 4.57. The van der Waals surface area contributed by atoms with Gasteiger partial charge in [-0.2, -0.15) is 0 Å². The van der Waals surface area contributed by atoms with Crippen LogP contribution in [0.15, 0.2) is 0 Å². The summed E-state index contributed by atoms with van der Waals surface area (Å²) in [5.74, 6) is -5.20. The molecular weight excluding hydrogens is 258 g/mol. The molecule has 0 spiro atoms. The largest absolute Gasteiger partial charge is 0.303 e. The summed E-state index contributed by atoms with van der Waals surface area (Å²) in [5, 5.41) is 0. The first kappa shape index (κ1) is 16.7. The van der Waals surface area contributed by atoms with Crippen LogP contribution in [-0.4, -0.2) is 36.4 Å². The molecule has 0 bridgehead atoms. The number of piperidine rings is 1. The average Bonchev–Trinajstić information content (AvgIpc) is 2.24. The lowest BCUT2D eigenvalue weighted by molar-refractivity contribution is -0.104. The zero-order chi connectivity index (χ0) is 14.7. The first-order chi connectivity index (χ1) is 8.54. The molecule has 1 saturated heterocycles. The van der Waals surface area contributed by atoms with Crippen LogP contribution in [0.3, 0.4) is 0 Å². The van der Waals surface area contributed by atoms with Gasteiger partial charge < -0.3 is 4.90 Å². The van der Waals surface area contributed by atoms with E-state index in [-0.39, 0.29) is 19.3 Å². The summed E-state index contributed by atoms with van der Waals surface area (Å²) in [5.41, 5.74) is -1.01. The molecule has 0 unspecified atom stereocenters. The van der Waals surface area contributed by atoms with Crippen LogP contribution >= 0.6 is 0 Å². The summed E-state index contributed by atoms with van der Waals surface area (Å²) in [4.78, 5) is 1.95. The summed E-state index contributed by atoms with van der Waals surface area (Å²) in [6.07, 6.45) is 0.755. The van der Waals surface area contributed by atoms with Crippen molar-refractivity contribution in [2.75, 3.05) is 19.6 Å². The fourth-order valence-corrected chi connectivity index (χ4v) is 2.16. The number of likely N-dealkylation sites (tertiary alicyclic amines) is 1. The molecule has 0 amide bonds. The molecule has 0 N–H and O–H groups in total. The number of alkyl halides is 4. The Hall–Kier alpha value is -0.320. The topological polar surface area (TPSA) is 3.24 Å². The minimum Gasteiger partial charge on any atom is -0.303 e. The normalized spacial score (nSPS) is 21.6. The number of halogens is 4. The highest BCUT2D eigenvalue weighted by molar-refractivity contribution is 4.82. The number of hydrogen-bond acceptors (Lipinski definition) is 1. The van der Waals surface area contributed by atoms with E-state index in [4.69, 9.17) is 0 Å². The zero-order valence-corrected chi connectivity index (χ0v) is 12.1. The van der Waals surface area contributed by atoms with E-state index in [1.165, 1.54) is 0 Å². The summed E-state index contributed by atoms with van der Waals surface area (Å²) in [6.45, 7) is 6.03. The Kier molecular flexibility index (Phi) is 5.27. The molecule has 0 aromatic rings. The van der Waals surface area contributed by atoms with Gasteiger partial charge in [-0.05, 0) is 19.4 Å². The average molecular weight is 283 g/mol. The molecule has 0 aromatic carbocycles. The molecule has 114 valence electrons. The predicted molar refractivity (Wildman–Crippen MR) is 68.9 cm³/mol. The number of rotatable bonds is 5. The van der Waals surface area contributed by atoms with E-state index in [1.807, 2.05) is 4.90 Å². The van der Waals surface area contributed by atoms with E-state index in [0.29, 0.717) is 32.5 Å². The van der Waals surface area contributed by atoms with Gasteiger partial charge in [0.25, 0.3) is 11.8 Å². The van der Waals surface area contributed by atoms with Gasteiger partial charge >= 0.3 is 0 Å². The molecule has 5 heteroatoms. The molecule has 19 heavy (non-hydrogen) atoms. The van der Waals surface area contributed by atoms with Gasteiger partial charge in [-0.3, -0.25) is 0 Å². The Morgan fingerprint density at radius 2 is 1.53 bits per heavy atom. The van der Waals surface area contributed by atoms with Crippen molar-refractivity contribution in [3.8, 4) is 0 Å². The molecule has 0 radical (unpaired) electrons. The van der Waals surface area contributed by atoms with Crippen LogP contribution < -0.4 is 0 Å². The van der Waals surface area contributed by atoms with E-state index < -0.39 is 17.3 Å². The third kappa shape index (κ3) is 5.28. The van der Waals surface area contributed by atoms with Crippen molar-refractivity contribution in [2.24, 2.45) is 5.41 Å². The monoisotopic (exact) mass is 283 g/mol. The fourth-order valence-electron chi connectivity index (χ4n) is 2.16. The molecular formula is C14H25F4N. The zero-order valence-electron chi connectivity index (χ0n) is 12.1. The molecule has 0 atom stereocenters. The van der Waals surface area contributed by atoms with Crippen molar-refractivity contribution in [2.45, 2.75) is 64.7 Å². The highest BCUT2D eigenvalue weighted by Gasteiger charge is 2.42. The second-order valence-electron chi connectivity index (χ2n) is 6.61.